The Hall–Kier alpha value is -2.62. The van der Waals surface area contributed by atoms with Crippen molar-refractivity contribution in [2.75, 3.05) is 12.3 Å². The zero-order valence-electron chi connectivity index (χ0n) is 17.5. The predicted molar refractivity (Wildman–Crippen MR) is 122 cm³/mol. The minimum absolute atomic E-state index is 0.134. The van der Waals surface area contributed by atoms with Crippen molar-refractivity contribution in [3.63, 3.8) is 0 Å². The van der Waals surface area contributed by atoms with Crippen LogP contribution in [0.25, 0.3) is 11.2 Å². The highest BCUT2D eigenvalue weighted by Gasteiger charge is 2.19. The molecule has 3 aromatic rings. The van der Waals surface area contributed by atoms with Crippen LogP contribution in [0, 0.1) is 12.3 Å². The molecule has 6 nitrogen and oxygen atoms in total. The second kappa shape index (κ2) is 8.63. The number of hydrogen-bond acceptors (Lipinski definition) is 5. The molecule has 2 heterocycles. The van der Waals surface area contributed by atoms with Crippen LogP contribution < -0.4 is 11.1 Å². The molecule has 0 aliphatic heterocycles. The quantitative estimate of drug-likeness (QED) is 0.346. The number of nitrogens with one attached hydrogen (secondary N) is 1. The minimum atomic E-state index is 0.134. The average Bonchev–Trinajstić information content (AvgIpc) is 3.29. The molecule has 0 bridgehead atoms. The Morgan fingerprint density at radius 1 is 1.23 bits per heavy atom. The van der Waals surface area contributed by atoms with Gasteiger partial charge in [-0.25, -0.2) is 4.98 Å². The molecule has 0 atom stereocenters. The molecule has 2 aromatic heterocycles. The lowest BCUT2D eigenvalue weighted by molar-refractivity contribution is 0.533. The Labute approximate surface area is 182 Å². The first kappa shape index (κ1) is 20.6. The number of hydrogen-bond donors (Lipinski definition) is 2. The van der Waals surface area contributed by atoms with E-state index >= 15 is 0 Å². The average molecular weight is 423 g/mol. The normalized spacial score (nSPS) is 13.2. The topological polar surface area (TPSA) is 81.7 Å². The van der Waals surface area contributed by atoms with Gasteiger partial charge in [0.05, 0.1) is 0 Å². The number of aryl methyl sites for hydroxylation is 3. The summed E-state index contributed by atoms with van der Waals surface area (Å²) < 4.78 is 2.11. The molecule has 7 heteroatoms. The van der Waals surface area contributed by atoms with Gasteiger partial charge in [-0.15, -0.1) is 6.42 Å². The van der Waals surface area contributed by atoms with E-state index in [1.54, 1.807) is 0 Å². The van der Waals surface area contributed by atoms with E-state index in [2.05, 4.69) is 51.8 Å². The van der Waals surface area contributed by atoms with Crippen molar-refractivity contribution in [2.45, 2.75) is 58.5 Å². The third-order valence-corrected chi connectivity index (χ3v) is 5.78. The summed E-state index contributed by atoms with van der Waals surface area (Å²) in [6.45, 7) is 5.94. The molecule has 0 saturated heterocycles. The van der Waals surface area contributed by atoms with Crippen LogP contribution in [0.4, 0.5) is 5.82 Å². The van der Waals surface area contributed by atoms with Crippen molar-refractivity contribution in [1.82, 2.24) is 24.8 Å². The Morgan fingerprint density at radius 3 is 2.73 bits per heavy atom. The first-order valence-corrected chi connectivity index (χ1v) is 10.9. The van der Waals surface area contributed by atoms with Gasteiger partial charge in [0.2, 0.25) is 5.28 Å². The number of fused-ring (bicyclic) bond motifs is 2. The van der Waals surface area contributed by atoms with Crippen molar-refractivity contribution in [3.8, 4) is 12.3 Å². The summed E-state index contributed by atoms with van der Waals surface area (Å²) in [5, 5.41) is 3.58. The van der Waals surface area contributed by atoms with Gasteiger partial charge in [-0.05, 0) is 66.6 Å². The smallest absolute Gasteiger partial charge is 0.226 e. The second-order valence-electron chi connectivity index (χ2n) is 8.14. The Morgan fingerprint density at radius 2 is 2.00 bits per heavy atom. The molecule has 1 aliphatic carbocycles. The summed E-state index contributed by atoms with van der Waals surface area (Å²) in [5.41, 5.74) is 12.2. The lowest BCUT2D eigenvalue weighted by Crippen LogP contribution is -2.24. The van der Waals surface area contributed by atoms with Crippen molar-refractivity contribution in [3.05, 3.63) is 45.5 Å². The van der Waals surface area contributed by atoms with Crippen molar-refractivity contribution >= 4 is 28.6 Å². The number of nitrogens with zero attached hydrogens (tertiary/aromatic N) is 4. The maximum atomic E-state index is 6.10. The highest BCUT2D eigenvalue weighted by Crippen LogP contribution is 2.28. The standard InChI is InChI=1S/C23H27ClN6/c1-4-15-11-16-7-5-8-17(16)12-18(15)13-19-27-20-21(25)28-23(24)29-22(20)30(19)10-6-9-26-14(2)3/h1,11-12,14,26H,5-10,13H2,2-3H3,(H2,25,28,29). The van der Waals surface area contributed by atoms with E-state index in [-0.39, 0.29) is 5.28 Å². The van der Waals surface area contributed by atoms with Crippen LogP contribution in [0.3, 0.4) is 0 Å². The fourth-order valence-corrected chi connectivity index (χ4v) is 4.33. The van der Waals surface area contributed by atoms with Crippen LogP contribution in [0.2, 0.25) is 5.28 Å². The minimum Gasteiger partial charge on any atom is -0.382 e. The lowest BCUT2D eigenvalue weighted by Gasteiger charge is -2.13. The third-order valence-electron chi connectivity index (χ3n) is 5.61. The molecule has 0 spiro atoms. The maximum absolute atomic E-state index is 6.10. The van der Waals surface area contributed by atoms with Crippen LogP contribution in [-0.2, 0) is 25.8 Å². The van der Waals surface area contributed by atoms with E-state index in [9.17, 15) is 0 Å². The van der Waals surface area contributed by atoms with E-state index in [0.29, 0.717) is 29.4 Å². The van der Waals surface area contributed by atoms with E-state index in [4.69, 9.17) is 28.7 Å². The van der Waals surface area contributed by atoms with E-state index in [1.807, 2.05) is 0 Å². The monoisotopic (exact) mass is 422 g/mol. The number of nitrogens with two attached hydrogens (primary N) is 1. The Bertz CT molecular complexity index is 1130. The number of aromatic nitrogens is 4. The Kier molecular flexibility index (Phi) is 5.94. The van der Waals surface area contributed by atoms with Gasteiger partial charge >= 0.3 is 0 Å². The Balaban J connectivity index is 1.72. The van der Waals surface area contributed by atoms with Crippen molar-refractivity contribution < 1.29 is 0 Å². The van der Waals surface area contributed by atoms with Crippen molar-refractivity contribution in [1.29, 1.82) is 0 Å². The zero-order valence-corrected chi connectivity index (χ0v) is 18.3. The van der Waals surface area contributed by atoms with E-state index in [1.165, 1.54) is 17.5 Å². The van der Waals surface area contributed by atoms with Gasteiger partial charge in [0, 0.05) is 24.6 Å². The summed E-state index contributed by atoms with van der Waals surface area (Å²) in [6.07, 6.45) is 10.8. The van der Waals surface area contributed by atoms with Crippen LogP contribution in [0.5, 0.6) is 0 Å². The molecular formula is C23H27ClN6. The molecule has 0 saturated carbocycles. The maximum Gasteiger partial charge on any atom is 0.226 e. The van der Waals surface area contributed by atoms with Crippen LogP contribution >= 0.6 is 11.6 Å². The molecule has 0 fully saturated rings. The number of rotatable bonds is 7. The number of benzene rings is 1. The van der Waals surface area contributed by atoms with Gasteiger partial charge in [-0.1, -0.05) is 25.8 Å². The van der Waals surface area contributed by atoms with Gasteiger partial charge in [0.25, 0.3) is 0 Å². The molecular weight excluding hydrogens is 396 g/mol. The van der Waals surface area contributed by atoms with Crippen LogP contribution in [-0.4, -0.2) is 32.1 Å². The number of anilines is 1. The molecule has 3 N–H and O–H groups in total. The van der Waals surface area contributed by atoms with Crippen LogP contribution in [0.1, 0.15) is 54.8 Å². The molecule has 0 amide bonds. The lowest BCUT2D eigenvalue weighted by atomic mass is 9.98. The van der Waals surface area contributed by atoms with E-state index < -0.39 is 0 Å². The molecule has 1 aromatic carbocycles. The fraction of sp³-hybridized carbons (Fsp3) is 0.435. The summed E-state index contributed by atoms with van der Waals surface area (Å²) in [5.74, 6) is 4.05. The van der Waals surface area contributed by atoms with Gasteiger partial charge < -0.3 is 15.6 Å². The molecule has 4 rings (SSSR count). The number of halogens is 1. The predicted octanol–water partition coefficient (Wildman–Crippen LogP) is 3.51. The zero-order chi connectivity index (χ0) is 21.3. The number of imidazole rings is 1. The van der Waals surface area contributed by atoms with Crippen LogP contribution in [0.15, 0.2) is 12.1 Å². The van der Waals surface area contributed by atoms with Gasteiger partial charge in [-0.2, -0.15) is 9.97 Å². The largest absolute Gasteiger partial charge is 0.382 e. The first-order valence-electron chi connectivity index (χ1n) is 10.5. The highest BCUT2D eigenvalue weighted by atomic mass is 35.5. The molecule has 0 unspecified atom stereocenters. The molecule has 156 valence electrons. The summed E-state index contributed by atoms with van der Waals surface area (Å²) in [7, 11) is 0. The highest BCUT2D eigenvalue weighted by molar-refractivity contribution is 6.28. The number of nitrogen functional groups attached to an aromatic ring is 1. The SMILES string of the molecule is C#Cc1cc2c(cc1Cc1nc3c(N)nc(Cl)nc3n1CCCNC(C)C)CCC2. The molecule has 30 heavy (non-hydrogen) atoms. The summed E-state index contributed by atoms with van der Waals surface area (Å²) >= 11 is 6.10. The summed E-state index contributed by atoms with van der Waals surface area (Å²) in [4.78, 5) is 13.3. The fourth-order valence-electron chi connectivity index (χ4n) is 4.16. The second-order valence-corrected chi connectivity index (χ2v) is 8.48. The van der Waals surface area contributed by atoms with Gasteiger partial charge in [0.15, 0.2) is 17.0 Å². The molecule has 1 aliphatic rings. The first-order chi connectivity index (χ1) is 14.5. The summed E-state index contributed by atoms with van der Waals surface area (Å²) in [6, 6.07) is 4.87. The van der Waals surface area contributed by atoms with E-state index in [0.717, 1.165) is 49.3 Å². The third kappa shape index (κ3) is 4.14. The van der Waals surface area contributed by atoms with Gasteiger partial charge in [0.1, 0.15) is 5.82 Å². The van der Waals surface area contributed by atoms with Gasteiger partial charge in [-0.3, -0.25) is 0 Å². The van der Waals surface area contributed by atoms with Crippen molar-refractivity contribution in [2.24, 2.45) is 0 Å². The number of terminal acetylenes is 1. The molecule has 0 radical (unpaired) electrons.